The Morgan fingerprint density at radius 1 is 1.30 bits per heavy atom. The number of hydrogen-bond donors (Lipinski definition) is 1. The fraction of sp³-hybridized carbons (Fsp3) is 0.462. The molecule has 0 aromatic heterocycles. The van der Waals surface area contributed by atoms with Gasteiger partial charge in [0.1, 0.15) is 6.10 Å². The van der Waals surface area contributed by atoms with Crippen LogP contribution in [-0.4, -0.2) is 42.2 Å². The number of carbonyl (C=O) groups is 1. The summed E-state index contributed by atoms with van der Waals surface area (Å²) in [5.74, 6) is -0.848. The molecule has 2 atom stereocenters. The first-order valence-corrected chi connectivity index (χ1v) is 7.75. The second-order valence-electron chi connectivity index (χ2n) is 4.84. The second-order valence-corrected chi connectivity index (χ2v) is 6.66. The Bertz CT molecular complexity index is 584. The lowest BCUT2D eigenvalue weighted by molar-refractivity contribution is -0.134. The molecule has 1 heterocycles. The van der Waals surface area contributed by atoms with Gasteiger partial charge >= 0.3 is 0 Å². The number of rotatable bonds is 4. The van der Waals surface area contributed by atoms with Crippen LogP contribution >= 0.6 is 0 Å². The summed E-state index contributed by atoms with van der Waals surface area (Å²) in [6.07, 6.45) is -2.63. The van der Waals surface area contributed by atoms with Gasteiger partial charge in [-0.3, -0.25) is 4.79 Å². The molecule has 1 aliphatic rings. The lowest BCUT2D eigenvalue weighted by Crippen LogP contribution is -2.42. The van der Waals surface area contributed by atoms with Gasteiger partial charge in [-0.05, 0) is 26.0 Å². The molecule has 110 valence electrons. The molecule has 1 N–H and O–H groups in total. The number of sulfonamides is 1. The zero-order valence-electron chi connectivity index (χ0n) is 11.3. The van der Waals surface area contributed by atoms with E-state index in [1.165, 1.54) is 12.1 Å². The summed E-state index contributed by atoms with van der Waals surface area (Å²) in [5, 5.41) is 9.63. The number of carbonyl (C=O) groups excluding carboxylic acids is 1. The molecule has 0 bridgehead atoms. The molecule has 0 saturated carbocycles. The van der Waals surface area contributed by atoms with Crippen molar-refractivity contribution in [2.45, 2.75) is 43.6 Å². The summed E-state index contributed by atoms with van der Waals surface area (Å²) < 4.78 is 31.1. The zero-order valence-corrected chi connectivity index (χ0v) is 12.1. The van der Waals surface area contributed by atoms with Crippen LogP contribution in [0, 0.1) is 0 Å². The molecule has 1 fully saturated rings. The molecule has 1 aliphatic heterocycles. The predicted octanol–water partition coefficient (Wildman–Crippen LogP) is 0.720. The third-order valence-corrected chi connectivity index (χ3v) is 4.72. The van der Waals surface area contributed by atoms with Crippen molar-refractivity contribution in [1.82, 2.24) is 4.31 Å². The van der Waals surface area contributed by atoms with Crippen LogP contribution in [0.3, 0.4) is 0 Å². The lowest BCUT2D eigenvalue weighted by atomic mass is 10.3. The van der Waals surface area contributed by atoms with Crippen molar-refractivity contribution in [3.05, 3.63) is 30.3 Å². The largest absolute Gasteiger partial charge is 0.383 e. The van der Waals surface area contributed by atoms with Crippen molar-refractivity contribution >= 4 is 15.9 Å². The third-order valence-electron chi connectivity index (χ3n) is 2.92. The van der Waals surface area contributed by atoms with E-state index >= 15 is 0 Å². The Morgan fingerprint density at radius 3 is 2.45 bits per heavy atom. The molecule has 1 aromatic rings. The Labute approximate surface area is 118 Å². The van der Waals surface area contributed by atoms with Gasteiger partial charge < -0.3 is 9.84 Å². The maximum atomic E-state index is 12.5. The molecular formula is C13H17NO5S. The predicted molar refractivity (Wildman–Crippen MR) is 71.1 cm³/mol. The number of nitrogens with zero attached hydrogens (tertiary/aromatic N) is 1. The fourth-order valence-electron chi connectivity index (χ4n) is 2.08. The first kappa shape index (κ1) is 15.0. The van der Waals surface area contributed by atoms with Crippen molar-refractivity contribution in [3.63, 3.8) is 0 Å². The van der Waals surface area contributed by atoms with E-state index in [1.807, 2.05) is 0 Å². The van der Waals surface area contributed by atoms with Crippen molar-refractivity contribution in [2.24, 2.45) is 0 Å². The van der Waals surface area contributed by atoms with Crippen LogP contribution in [-0.2, 0) is 19.6 Å². The number of aliphatic hydroxyl groups is 1. The maximum absolute atomic E-state index is 12.5. The summed E-state index contributed by atoms with van der Waals surface area (Å²) in [6, 6.07) is 7.63. The molecular weight excluding hydrogens is 282 g/mol. The molecule has 1 amide bonds. The molecule has 0 aliphatic carbocycles. The zero-order chi connectivity index (χ0) is 14.9. The summed E-state index contributed by atoms with van der Waals surface area (Å²) in [4.78, 5) is 11.9. The van der Waals surface area contributed by atoms with Crippen LogP contribution < -0.4 is 0 Å². The maximum Gasteiger partial charge on any atom is 0.268 e. The molecule has 0 radical (unpaired) electrons. The SMILES string of the molecule is CC(C)OC1CC(O)C(=O)N1S(=O)(=O)c1ccccc1. The summed E-state index contributed by atoms with van der Waals surface area (Å²) in [7, 11) is -4.02. The van der Waals surface area contributed by atoms with E-state index in [-0.39, 0.29) is 17.4 Å². The van der Waals surface area contributed by atoms with Gasteiger partial charge in [-0.25, -0.2) is 12.7 Å². The van der Waals surface area contributed by atoms with Gasteiger partial charge in [0.25, 0.3) is 15.9 Å². The van der Waals surface area contributed by atoms with Gasteiger partial charge in [0, 0.05) is 6.42 Å². The quantitative estimate of drug-likeness (QED) is 0.885. The fourth-order valence-corrected chi connectivity index (χ4v) is 3.61. The van der Waals surface area contributed by atoms with Crippen LogP contribution in [0.1, 0.15) is 20.3 Å². The van der Waals surface area contributed by atoms with Gasteiger partial charge in [-0.1, -0.05) is 18.2 Å². The Morgan fingerprint density at radius 2 is 1.90 bits per heavy atom. The highest BCUT2D eigenvalue weighted by atomic mass is 32.2. The minimum Gasteiger partial charge on any atom is -0.383 e. The van der Waals surface area contributed by atoms with Crippen LogP contribution in [0.2, 0.25) is 0 Å². The van der Waals surface area contributed by atoms with Crippen LogP contribution in [0.25, 0.3) is 0 Å². The molecule has 2 unspecified atom stereocenters. The highest BCUT2D eigenvalue weighted by Crippen LogP contribution is 2.28. The molecule has 20 heavy (non-hydrogen) atoms. The summed E-state index contributed by atoms with van der Waals surface area (Å²) in [6.45, 7) is 3.48. The van der Waals surface area contributed by atoms with E-state index in [0.717, 1.165) is 0 Å². The van der Waals surface area contributed by atoms with E-state index in [2.05, 4.69) is 0 Å². The average molecular weight is 299 g/mol. The lowest BCUT2D eigenvalue weighted by Gasteiger charge is -2.25. The van der Waals surface area contributed by atoms with Crippen molar-refractivity contribution in [3.8, 4) is 0 Å². The van der Waals surface area contributed by atoms with Gasteiger partial charge in [-0.2, -0.15) is 0 Å². The number of benzene rings is 1. The highest BCUT2D eigenvalue weighted by Gasteiger charge is 2.46. The number of amides is 1. The van der Waals surface area contributed by atoms with Gasteiger partial charge in [0.05, 0.1) is 11.0 Å². The van der Waals surface area contributed by atoms with Gasteiger partial charge in [0.2, 0.25) is 0 Å². The summed E-state index contributed by atoms with van der Waals surface area (Å²) >= 11 is 0. The number of hydrogen-bond acceptors (Lipinski definition) is 5. The second kappa shape index (κ2) is 5.51. The Kier molecular flexibility index (Phi) is 4.12. The minimum absolute atomic E-state index is 0.000180. The van der Waals surface area contributed by atoms with Crippen molar-refractivity contribution in [1.29, 1.82) is 0 Å². The minimum atomic E-state index is -4.02. The molecule has 1 saturated heterocycles. The van der Waals surface area contributed by atoms with Gasteiger partial charge in [0.15, 0.2) is 6.23 Å². The van der Waals surface area contributed by atoms with Crippen molar-refractivity contribution in [2.75, 3.05) is 0 Å². The van der Waals surface area contributed by atoms with Crippen LogP contribution in [0.5, 0.6) is 0 Å². The first-order valence-electron chi connectivity index (χ1n) is 6.31. The molecule has 0 spiro atoms. The van der Waals surface area contributed by atoms with Crippen LogP contribution in [0.4, 0.5) is 0 Å². The number of ether oxygens (including phenoxy) is 1. The van der Waals surface area contributed by atoms with Crippen molar-refractivity contribution < 1.29 is 23.1 Å². The average Bonchev–Trinajstić information content (AvgIpc) is 2.65. The molecule has 1 aromatic carbocycles. The number of aliphatic hydroxyl groups excluding tert-OH is 1. The van der Waals surface area contributed by atoms with E-state index in [1.54, 1.807) is 32.0 Å². The summed E-state index contributed by atoms with van der Waals surface area (Å²) in [5.41, 5.74) is 0. The molecule has 6 nitrogen and oxygen atoms in total. The van der Waals surface area contributed by atoms with E-state index in [0.29, 0.717) is 4.31 Å². The normalized spacial score (nSPS) is 23.6. The molecule has 2 rings (SSSR count). The first-order chi connectivity index (χ1) is 9.34. The Balaban J connectivity index is 2.39. The standard InChI is InChI=1S/C13H17NO5S/c1-9(2)19-12-8-11(15)13(16)14(12)20(17,18)10-6-4-3-5-7-10/h3-7,9,11-12,15H,8H2,1-2H3. The van der Waals surface area contributed by atoms with E-state index < -0.39 is 28.3 Å². The van der Waals surface area contributed by atoms with Gasteiger partial charge in [-0.15, -0.1) is 0 Å². The smallest absolute Gasteiger partial charge is 0.268 e. The highest BCUT2D eigenvalue weighted by molar-refractivity contribution is 7.89. The van der Waals surface area contributed by atoms with Crippen LogP contribution in [0.15, 0.2) is 35.2 Å². The van der Waals surface area contributed by atoms with E-state index in [4.69, 9.17) is 4.74 Å². The third kappa shape index (κ3) is 2.70. The monoisotopic (exact) mass is 299 g/mol. The molecule has 7 heteroatoms. The van der Waals surface area contributed by atoms with E-state index in [9.17, 15) is 18.3 Å². The Hall–Kier alpha value is -1.44. The topological polar surface area (TPSA) is 83.9 Å².